The van der Waals surface area contributed by atoms with Crippen LogP contribution >= 0.6 is 0 Å². The van der Waals surface area contributed by atoms with Crippen LogP contribution in [0.2, 0.25) is 0 Å². The Bertz CT molecular complexity index is 3400. The molecule has 12 rings (SSSR count). The molecule has 0 atom stereocenters. The molecule has 3 heteroatoms. The van der Waals surface area contributed by atoms with E-state index in [1.807, 2.05) is 0 Å². The molecule has 3 nitrogen and oxygen atoms in total. The van der Waals surface area contributed by atoms with Crippen molar-refractivity contribution < 1.29 is 0 Å². The van der Waals surface area contributed by atoms with Gasteiger partial charge < -0.3 is 8.97 Å². The summed E-state index contributed by atoms with van der Waals surface area (Å²) in [4.78, 5) is 5.40. The van der Waals surface area contributed by atoms with E-state index in [1.165, 1.54) is 93.4 Å². The first-order valence-electron chi connectivity index (χ1n) is 19.5. The average molecular weight is 714 g/mol. The molecule has 1 aliphatic heterocycles. The van der Waals surface area contributed by atoms with E-state index in [-0.39, 0.29) is 0 Å². The minimum Gasteiger partial charge on any atom is -0.308 e. The number of aromatic nitrogens is 2. The van der Waals surface area contributed by atoms with Gasteiger partial charge in [0.05, 0.1) is 39.0 Å². The molecule has 0 bridgehead atoms. The molecular weight excluding hydrogens is 679 g/mol. The van der Waals surface area contributed by atoms with Gasteiger partial charge in [0.2, 0.25) is 0 Å². The number of hydrogen-bond acceptors (Lipinski definition) is 1. The second kappa shape index (κ2) is 12.1. The fourth-order valence-corrected chi connectivity index (χ4v) is 9.44. The van der Waals surface area contributed by atoms with Crippen LogP contribution in [0.15, 0.2) is 193 Å². The Morgan fingerprint density at radius 2 is 1.04 bits per heavy atom. The molecule has 3 aromatic heterocycles. The highest BCUT2D eigenvalue weighted by molar-refractivity contribution is 6.34. The Labute approximate surface area is 324 Å². The van der Waals surface area contributed by atoms with Gasteiger partial charge in [0.25, 0.3) is 0 Å². The number of aliphatic imine (C=N–C) groups is 1. The molecule has 4 heterocycles. The molecule has 11 aromatic rings. The lowest BCUT2D eigenvalue weighted by Gasteiger charge is -2.19. The van der Waals surface area contributed by atoms with Crippen molar-refractivity contribution in [2.24, 2.45) is 4.99 Å². The van der Waals surface area contributed by atoms with Crippen molar-refractivity contribution in [1.29, 1.82) is 0 Å². The minimum atomic E-state index is 0.856. The van der Waals surface area contributed by atoms with Crippen LogP contribution in [0.1, 0.15) is 24.0 Å². The molecule has 0 amide bonds. The molecule has 0 fully saturated rings. The van der Waals surface area contributed by atoms with Crippen LogP contribution in [0.5, 0.6) is 0 Å². The first-order valence-corrected chi connectivity index (χ1v) is 19.5. The molecule has 262 valence electrons. The number of nitrogens with zero attached hydrogens (tertiary/aromatic N) is 3. The summed E-state index contributed by atoms with van der Waals surface area (Å²) in [6.45, 7) is 0. The van der Waals surface area contributed by atoms with Crippen LogP contribution in [0.4, 0.5) is 5.69 Å². The van der Waals surface area contributed by atoms with Gasteiger partial charge in [0.15, 0.2) is 0 Å². The minimum absolute atomic E-state index is 0.856. The smallest absolute Gasteiger partial charge is 0.0726 e. The summed E-state index contributed by atoms with van der Waals surface area (Å²) in [5, 5.41) is 7.65. The largest absolute Gasteiger partial charge is 0.308 e. The topological polar surface area (TPSA) is 21.7 Å². The molecule has 0 N–H and O–H groups in total. The van der Waals surface area contributed by atoms with Crippen LogP contribution < -0.4 is 0 Å². The Morgan fingerprint density at radius 3 is 1.86 bits per heavy atom. The highest BCUT2D eigenvalue weighted by Gasteiger charge is 2.26. The third-order valence-electron chi connectivity index (χ3n) is 11.9. The Balaban J connectivity index is 1.20. The standard InChI is InChI=1S/C53H35N3/c1-3-15-34(16-4-1)36-19-13-20-37(31-36)38-29-30-50-42(32-38)44-33-43-39-21-8-11-26-47(39)55-49-27-12-9-23-41(49)51(52(43)55)53(44)56(50)48-28-14-25-45(35-17-5-2-6-18-35)54-46-24-10-7-22-40(46)48/h1-13,15-24,26-33H,14,25H2. The van der Waals surface area contributed by atoms with E-state index >= 15 is 0 Å². The summed E-state index contributed by atoms with van der Waals surface area (Å²) in [5.41, 5.74) is 16.7. The third kappa shape index (κ3) is 4.55. The molecule has 0 aliphatic carbocycles. The van der Waals surface area contributed by atoms with Crippen LogP contribution in [0, 0.1) is 0 Å². The van der Waals surface area contributed by atoms with E-state index in [4.69, 9.17) is 4.99 Å². The molecule has 56 heavy (non-hydrogen) atoms. The van der Waals surface area contributed by atoms with E-state index in [0.717, 1.165) is 29.8 Å². The van der Waals surface area contributed by atoms with Gasteiger partial charge in [0.1, 0.15) is 0 Å². The lowest BCUT2D eigenvalue weighted by atomic mass is 9.97. The Morgan fingerprint density at radius 1 is 0.411 bits per heavy atom. The fraction of sp³-hybridized carbons (Fsp3) is 0.0377. The first kappa shape index (κ1) is 31.2. The van der Waals surface area contributed by atoms with Gasteiger partial charge in [-0.05, 0) is 83.1 Å². The Kier molecular flexibility index (Phi) is 6.75. The number of para-hydroxylation sites is 3. The molecule has 0 unspecified atom stereocenters. The summed E-state index contributed by atoms with van der Waals surface area (Å²) in [7, 11) is 0. The van der Waals surface area contributed by atoms with Crippen molar-refractivity contribution in [2.45, 2.75) is 12.8 Å². The zero-order chi connectivity index (χ0) is 36.7. The monoisotopic (exact) mass is 713 g/mol. The van der Waals surface area contributed by atoms with E-state index in [2.05, 4.69) is 197 Å². The predicted octanol–water partition coefficient (Wildman–Crippen LogP) is 14.1. The normalized spacial score (nSPS) is 13.4. The van der Waals surface area contributed by atoms with E-state index in [1.54, 1.807) is 0 Å². The van der Waals surface area contributed by atoms with Crippen molar-refractivity contribution in [3.05, 3.63) is 199 Å². The highest BCUT2D eigenvalue weighted by Crippen LogP contribution is 2.48. The van der Waals surface area contributed by atoms with Crippen molar-refractivity contribution in [3.63, 3.8) is 0 Å². The number of rotatable bonds is 4. The average Bonchev–Trinajstić information content (AvgIpc) is 3.89. The second-order valence-corrected chi connectivity index (χ2v) is 15.0. The molecule has 0 spiro atoms. The summed E-state index contributed by atoms with van der Waals surface area (Å²) in [6.07, 6.45) is 4.19. The third-order valence-corrected chi connectivity index (χ3v) is 11.9. The van der Waals surface area contributed by atoms with Gasteiger partial charge in [-0.2, -0.15) is 0 Å². The number of hydrogen-bond donors (Lipinski definition) is 0. The summed E-state index contributed by atoms with van der Waals surface area (Å²) in [5.74, 6) is 0. The van der Waals surface area contributed by atoms with Gasteiger partial charge >= 0.3 is 0 Å². The van der Waals surface area contributed by atoms with E-state index in [0.29, 0.717) is 0 Å². The molecule has 0 radical (unpaired) electrons. The van der Waals surface area contributed by atoms with Crippen LogP contribution in [0.25, 0.3) is 87.9 Å². The number of benzene rings is 8. The quantitative estimate of drug-likeness (QED) is 0.173. The lowest BCUT2D eigenvalue weighted by molar-refractivity contribution is 1.06. The molecule has 0 saturated carbocycles. The molecule has 1 aliphatic rings. The van der Waals surface area contributed by atoms with Crippen molar-refractivity contribution in [3.8, 4) is 22.3 Å². The molecular formula is C53H35N3. The Hall–Kier alpha value is -7.23. The first-order chi connectivity index (χ1) is 27.8. The summed E-state index contributed by atoms with van der Waals surface area (Å²) in [6, 6.07) is 66.4. The fourth-order valence-electron chi connectivity index (χ4n) is 9.44. The summed E-state index contributed by atoms with van der Waals surface area (Å²) >= 11 is 0. The van der Waals surface area contributed by atoms with Gasteiger partial charge in [-0.15, -0.1) is 0 Å². The van der Waals surface area contributed by atoms with Crippen LogP contribution in [0.3, 0.4) is 0 Å². The summed E-state index contributed by atoms with van der Waals surface area (Å²) < 4.78 is 5.06. The van der Waals surface area contributed by atoms with Gasteiger partial charge in [-0.25, -0.2) is 0 Å². The van der Waals surface area contributed by atoms with Gasteiger partial charge in [-0.1, -0.05) is 146 Å². The second-order valence-electron chi connectivity index (χ2n) is 15.0. The maximum absolute atomic E-state index is 5.40. The van der Waals surface area contributed by atoms with Crippen molar-refractivity contribution in [2.75, 3.05) is 0 Å². The van der Waals surface area contributed by atoms with Crippen molar-refractivity contribution >= 4 is 77.0 Å². The maximum Gasteiger partial charge on any atom is 0.0726 e. The lowest BCUT2D eigenvalue weighted by Crippen LogP contribution is -2.06. The van der Waals surface area contributed by atoms with Gasteiger partial charge in [0, 0.05) is 43.6 Å². The van der Waals surface area contributed by atoms with Crippen LogP contribution in [-0.4, -0.2) is 14.7 Å². The zero-order valence-electron chi connectivity index (χ0n) is 30.7. The predicted molar refractivity (Wildman–Crippen MR) is 237 cm³/mol. The SMILES string of the molecule is C1=C(n2c3ccc(-c4cccc(-c5ccccc5)c4)cc3c3cc4c5ccccc5n5c6ccccc6c(c32)c45)c2ccccc2N=C(c2ccccc2)CC1. The van der Waals surface area contributed by atoms with Crippen LogP contribution in [-0.2, 0) is 0 Å². The van der Waals surface area contributed by atoms with E-state index < -0.39 is 0 Å². The van der Waals surface area contributed by atoms with Gasteiger partial charge in [-0.3, -0.25) is 4.99 Å². The van der Waals surface area contributed by atoms with E-state index in [9.17, 15) is 0 Å². The number of fused-ring (bicyclic) bond motifs is 11. The zero-order valence-corrected chi connectivity index (χ0v) is 30.7. The molecule has 8 aromatic carbocycles. The molecule has 0 saturated heterocycles. The highest BCUT2D eigenvalue weighted by atomic mass is 15.0. The number of allylic oxidation sites excluding steroid dienone is 1. The maximum atomic E-state index is 5.40. The van der Waals surface area contributed by atoms with Crippen molar-refractivity contribution in [1.82, 2.24) is 8.97 Å².